The lowest BCUT2D eigenvalue weighted by Gasteiger charge is -2.09. The summed E-state index contributed by atoms with van der Waals surface area (Å²) in [6.07, 6.45) is 6.60. The van der Waals surface area contributed by atoms with Crippen LogP contribution < -0.4 is 15.8 Å². The molecule has 0 aliphatic rings. The van der Waals surface area contributed by atoms with Gasteiger partial charge in [0.15, 0.2) is 5.96 Å². The summed E-state index contributed by atoms with van der Waals surface area (Å²) in [6, 6.07) is 7.85. The summed E-state index contributed by atoms with van der Waals surface area (Å²) in [6.45, 7) is 7.74. The van der Waals surface area contributed by atoms with E-state index in [1.807, 2.05) is 24.3 Å². The summed E-state index contributed by atoms with van der Waals surface area (Å²) >= 11 is 0. The summed E-state index contributed by atoms with van der Waals surface area (Å²) in [5.41, 5.74) is 6.89. The van der Waals surface area contributed by atoms with Crippen molar-refractivity contribution < 1.29 is 4.74 Å². The lowest BCUT2D eigenvalue weighted by Crippen LogP contribution is -2.32. The van der Waals surface area contributed by atoms with Crippen molar-refractivity contribution in [2.45, 2.75) is 39.2 Å². The minimum absolute atomic E-state index is 0. The minimum atomic E-state index is 0. The molecule has 5 heteroatoms. The molecule has 0 fully saturated rings. The Morgan fingerprint density at radius 3 is 2.82 bits per heavy atom. The molecule has 0 amide bonds. The summed E-state index contributed by atoms with van der Waals surface area (Å²) in [5.74, 6) is 1.32. The summed E-state index contributed by atoms with van der Waals surface area (Å²) < 4.78 is 5.60. The van der Waals surface area contributed by atoms with Crippen molar-refractivity contribution in [3.8, 4) is 5.75 Å². The highest BCUT2D eigenvalue weighted by atomic mass is 127. The summed E-state index contributed by atoms with van der Waals surface area (Å²) in [5, 5.41) is 3.15. The second-order valence-electron chi connectivity index (χ2n) is 4.90. The van der Waals surface area contributed by atoms with Crippen molar-refractivity contribution in [3.05, 3.63) is 42.5 Å². The van der Waals surface area contributed by atoms with Crippen LogP contribution in [0.5, 0.6) is 5.75 Å². The Balaban J connectivity index is 0.00000441. The highest BCUT2D eigenvalue weighted by Crippen LogP contribution is 2.18. The van der Waals surface area contributed by atoms with Crippen LogP contribution in [0.3, 0.4) is 0 Å². The fraction of sp³-hybridized carbons (Fsp3) is 0.471. The van der Waals surface area contributed by atoms with Crippen molar-refractivity contribution in [1.29, 1.82) is 0 Å². The number of unbranched alkanes of at least 4 members (excludes halogenated alkanes) is 3. The zero-order chi connectivity index (χ0) is 15.3. The fourth-order valence-electron chi connectivity index (χ4n) is 1.92. The molecule has 1 rings (SSSR count). The highest BCUT2D eigenvalue weighted by Gasteiger charge is 2.01. The monoisotopic (exact) mass is 417 g/mol. The molecule has 0 spiro atoms. The maximum Gasteiger partial charge on any atom is 0.188 e. The quantitative estimate of drug-likeness (QED) is 0.200. The maximum atomic E-state index is 5.87. The Labute approximate surface area is 151 Å². The van der Waals surface area contributed by atoms with Gasteiger partial charge in [-0.2, -0.15) is 0 Å². The van der Waals surface area contributed by atoms with Crippen LogP contribution in [0.1, 0.15) is 38.2 Å². The van der Waals surface area contributed by atoms with Gasteiger partial charge in [0.1, 0.15) is 12.4 Å². The lowest BCUT2D eigenvalue weighted by molar-refractivity contribution is 0.359. The second-order valence-corrected chi connectivity index (χ2v) is 4.90. The van der Waals surface area contributed by atoms with E-state index in [0.717, 1.165) is 24.3 Å². The standard InChI is InChI=1S/C17H27N3O.HI/c1-3-5-6-9-12-19-17(18)20-14-15-10-7-8-11-16(15)21-13-4-2;/h4,7-8,10-11H,2-3,5-6,9,12-14H2,1H3,(H3,18,19,20);1H. The summed E-state index contributed by atoms with van der Waals surface area (Å²) in [4.78, 5) is 4.36. The van der Waals surface area contributed by atoms with Crippen LogP contribution in [0.4, 0.5) is 0 Å². The Bertz CT molecular complexity index is 449. The third kappa shape index (κ3) is 8.92. The van der Waals surface area contributed by atoms with Crippen LogP contribution in [0.2, 0.25) is 0 Å². The predicted molar refractivity (Wildman–Crippen MR) is 105 cm³/mol. The van der Waals surface area contributed by atoms with Crippen LogP contribution in [0.25, 0.3) is 0 Å². The Hall–Kier alpha value is -1.24. The number of rotatable bonds is 10. The average molecular weight is 417 g/mol. The van der Waals surface area contributed by atoms with Gasteiger partial charge in [-0.3, -0.25) is 0 Å². The topological polar surface area (TPSA) is 59.6 Å². The van der Waals surface area contributed by atoms with E-state index >= 15 is 0 Å². The number of guanidine groups is 1. The van der Waals surface area contributed by atoms with Gasteiger partial charge < -0.3 is 15.8 Å². The van der Waals surface area contributed by atoms with Crippen LogP contribution in [-0.4, -0.2) is 19.1 Å². The van der Waals surface area contributed by atoms with E-state index in [4.69, 9.17) is 10.5 Å². The number of para-hydroxylation sites is 1. The molecule has 0 aliphatic heterocycles. The van der Waals surface area contributed by atoms with Crippen LogP contribution >= 0.6 is 24.0 Å². The number of aliphatic imine (C=N–C) groups is 1. The molecular weight excluding hydrogens is 389 g/mol. The normalized spacial score (nSPS) is 10.7. The van der Waals surface area contributed by atoms with Gasteiger partial charge in [-0.1, -0.05) is 57.0 Å². The molecule has 4 nitrogen and oxygen atoms in total. The van der Waals surface area contributed by atoms with Gasteiger partial charge in [0.25, 0.3) is 0 Å². The van der Waals surface area contributed by atoms with E-state index in [-0.39, 0.29) is 24.0 Å². The van der Waals surface area contributed by atoms with Crippen LogP contribution in [-0.2, 0) is 6.54 Å². The molecule has 0 saturated carbocycles. The molecule has 0 radical (unpaired) electrons. The molecule has 0 unspecified atom stereocenters. The molecule has 0 aliphatic carbocycles. The second kappa shape index (κ2) is 13.4. The smallest absolute Gasteiger partial charge is 0.188 e. The molecule has 0 heterocycles. The molecule has 124 valence electrons. The lowest BCUT2D eigenvalue weighted by atomic mass is 10.2. The number of nitrogens with one attached hydrogen (secondary N) is 1. The zero-order valence-corrected chi connectivity index (χ0v) is 15.7. The number of nitrogens with two attached hydrogens (primary N) is 1. The zero-order valence-electron chi connectivity index (χ0n) is 13.4. The SMILES string of the molecule is C=CCOc1ccccc1CN=C(N)NCCCCCC.I. The Morgan fingerprint density at radius 1 is 1.32 bits per heavy atom. The first-order valence-corrected chi connectivity index (χ1v) is 7.63. The van der Waals surface area contributed by atoms with E-state index in [1.54, 1.807) is 6.08 Å². The predicted octanol–water partition coefficient (Wildman–Crippen LogP) is 3.85. The number of benzene rings is 1. The van der Waals surface area contributed by atoms with Gasteiger partial charge in [0.2, 0.25) is 0 Å². The molecule has 22 heavy (non-hydrogen) atoms. The fourth-order valence-corrected chi connectivity index (χ4v) is 1.92. The molecule has 3 N–H and O–H groups in total. The van der Waals surface area contributed by atoms with Crippen LogP contribution in [0, 0.1) is 0 Å². The Morgan fingerprint density at radius 2 is 2.09 bits per heavy atom. The number of halogens is 1. The number of nitrogens with zero attached hydrogens (tertiary/aromatic N) is 1. The number of ether oxygens (including phenoxy) is 1. The van der Waals surface area contributed by atoms with Gasteiger partial charge in [0, 0.05) is 12.1 Å². The Kier molecular flexibility index (Phi) is 12.7. The van der Waals surface area contributed by atoms with E-state index in [9.17, 15) is 0 Å². The van der Waals surface area contributed by atoms with E-state index in [0.29, 0.717) is 19.1 Å². The van der Waals surface area contributed by atoms with Gasteiger partial charge in [-0.05, 0) is 12.5 Å². The summed E-state index contributed by atoms with van der Waals surface area (Å²) in [7, 11) is 0. The molecule has 0 saturated heterocycles. The van der Waals surface area contributed by atoms with Crippen molar-refractivity contribution in [3.63, 3.8) is 0 Å². The van der Waals surface area contributed by atoms with Crippen molar-refractivity contribution in [1.82, 2.24) is 5.32 Å². The minimum Gasteiger partial charge on any atom is -0.489 e. The molecule has 0 bridgehead atoms. The highest BCUT2D eigenvalue weighted by molar-refractivity contribution is 14.0. The van der Waals surface area contributed by atoms with Gasteiger partial charge in [-0.25, -0.2) is 4.99 Å². The van der Waals surface area contributed by atoms with Crippen molar-refractivity contribution >= 4 is 29.9 Å². The maximum absolute atomic E-state index is 5.87. The van der Waals surface area contributed by atoms with Gasteiger partial charge >= 0.3 is 0 Å². The average Bonchev–Trinajstić information content (AvgIpc) is 2.51. The largest absolute Gasteiger partial charge is 0.489 e. The van der Waals surface area contributed by atoms with Crippen molar-refractivity contribution in [2.24, 2.45) is 10.7 Å². The van der Waals surface area contributed by atoms with Gasteiger partial charge in [0.05, 0.1) is 6.54 Å². The van der Waals surface area contributed by atoms with E-state index < -0.39 is 0 Å². The molecular formula is C17H28IN3O. The molecule has 1 aromatic rings. The molecule has 0 aromatic heterocycles. The van der Waals surface area contributed by atoms with E-state index in [1.165, 1.54) is 19.3 Å². The van der Waals surface area contributed by atoms with Crippen LogP contribution in [0.15, 0.2) is 41.9 Å². The third-order valence-electron chi connectivity index (χ3n) is 3.09. The molecule has 1 aromatic carbocycles. The third-order valence-corrected chi connectivity index (χ3v) is 3.09. The number of hydrogen-bond donors (Lipinski definition) is 2. The molecule has 0 atom stereocenters. The first-order chi connectivity index (χ1) is 10.3. The number of hydrogen-bond acceptors (Lipinski definition) is 2. The first kappa shape index (κ1) is 20.8. The van der Waals surface area contributed by atoms with E-state index in [2.05, 4.69) is 23.8 Å². The van der Waals surface area contributed by atoms with Crippen molar-refractivity contribution in [2.75, 3.05) is 13.2 Å². The first-order valence-electron chi connectivity index (χ1n) is 7.63. The van der Waals surface area contributed by atoms with Gasteiger partial charge in [-0.15, -0.1) is 24.0 Å².